The molecule has 5 nitrogen and oxygen atoms in total. The Bertz CT molecular complexity index is 508. The Morgan fingerprint density at radius 1 is 1.04 bits per heavy atom. The van der Waals surface area contributed by atoms with Crippen LogP contribution in [0.1, 0.15) is 33.1 Å². The molecule has 5 heteroatoms. The van der Waals surface area contributed by atoms with Gasteiger partial charge in [-0.3, -0.25) is 4.90 Å². The molecule has 25 heavy (non-hydrogen) atoms. The monoisotopic (exact) mass is 346 g/mol. The normalized spacial score (nSPS) is 20.8. The molecule has 0 radical (unpaired) electrons. The number of anilines is 1. The Kier molecular flexibility index (Phi) is 6.93. The number of nitrogens with zero attached hydrogens (tertiary/aromatic N) is 4. The summed E-state index contributed by atoms with van der Waals surface area (Å²) >= 11 is 0. The standard InChI is InChI=1S/C20H34N4O/c1-3-8-22-11-13-23(14-12-22)15-16-25-20-17-19(4-7-21-20)24-9-5-18(2)6-10-24/h4,7,17-18H,3,5-6,8-16H2,1-2H3. The fourth-order valence-corrected chi connectivity index (χ4v) is 3.77. The van der Waals surface area contributed by atoms with Crippen LogP contribution in [0.15, 0.2) is 18.3 Å². The van der Waals surface area contributed by atoms with E-state index >= 15 is 0 Å². The summed E-state index contributed by atoms with van der Waals surface area (Å²) in [5.41, 5.74) is 1.25. The van der Waals surface area contributed by atoms with E-state index in [-0.39, 0.29) is 0 Å². The van der Waals surface area contributed by atoms with Gasteiger partial charge in [-0.25, -0.2) is 4.98 Å². The fourth-order valence-electron chi connectivity index (χ4n) is 3.77. The number of hydrogen-bond acceptors (Lipinski definition) is 5. The molecule has 0 aromatic carbocycles. The van der Waals surface area contributed by atoms with Crippen molar-refractivity contribution >= 4 is 5.69 Å². The van der Waals surface area contributed by atoms with Crippen molar-refractivity contribution in [3.63, 3.8) is 0 Å². The molecule has 0 unspecified atom stereocenters. The van der Waals surface area contributed by atoms with E-state index in [2.05, 4.69) is 45.7 Å². The van der Waals surface area contributed by atoms with Gasteiger partial charge in [0, 0.05) is 63.8 Å². The molecule has 1 aromatic heterocycles. The lowest BCUT2D eigenvalue weighted by Crippen LogP contribution is -2.47. The van der Waals surface area contributed by atoms with E-state index in [4.69, 9.17) is 4.74 Å². The summed E-state index contributed by atoms with van der Waals surface area (Å²) in [6, 6.07) is 4.21. The summed E-state index contributed by atoms with van der Waals surface area (Å²) in [4.78, 5) is 11.9. The van der Waals surface area contributed by atoms with Crippen LogP contribution < -0.4 is 9.64 Å². The lowest BCUT2D eigenvalue weighted by atomic mass is 9.99. The molecule has 0 bridgehead atoms. The second kappa shape index (κ2) is 9.39. The summed E-state index contributed by atoms with van der Waals surface area (Å²) in [6.07, 6.45) is 5.69. The summed E-state index contributed by atoms with van der Waals surface area (Å²) in [6.45, 7) is 14.5. The molecule has 0 aliphatic carbocycles. The molecular weight excluding hydrogens is 312 g/mol. The molecule has 2 aliphatic heterocycles. The highest BCUT2D eigenvalue weighted by molar-refractivity contribution is 5.48. The third-order valence-corrected chi connectivity index (χ3v) is 5.53. The Morgan fingerprint density at radius 2 is 1.72 bits per heavy atom. The van der Waals surface area contributed by atoms with Gasteiger partial charge in [0.25, 0.3) is 0 Å². The molecule has 2 aliphatic rings. The third-order valence-electron chi connectivity index (χ3n) is 5.53. The summed E-state index contributed by atoms with van der Waals surface area (Å²) < 4.78 is 5.94. The van der Waals surface area contributed by atoms with Crippen molar-refractivity contribution in [3.05, 3.63) is 18.3 Å². The number of hydrogen-bond donors (Lipinski definition) is 0. The van der Waals surface area contributed by atoms with Gasteiger partial charge in [-0.2, -0.15) is 0 Å². The number of piperidine rings is 1. The first-order valence-corrected chi connectivity index (χ1v) is 10.0. The van der Waals surface area contributed by atoms with Crippen LogP contribution in [0, 0.1) is 5.92 Å². The molecule has 0 spiro atoms. The van der Waals surface area contributed by atoms with Crippen molar-refractivity contribution in [3.8, 4) is 5.88 Å². The second-order valence-corrected chi connectivity index (χ2v) is 7.55. The number of rotatable bonds is 7. The highest BCUT2D eigenvalue weighted by Gasteiger charge is 2.17. The molecule has 0 N–H and O–H groups in total. The second-order valence-electron chi connectivity index (χ2n) is 7.55. The lowest BCUT2D eigenvalue weighted by molar-refractivity contribution is 0.116. The van der Waals surface area contributed by atoms with E-state index in [9.17, 15) is 0 Å². The number of aromatic nitrogens is 1. The predicted octanol–water partition coefficient (Wildman–Crippen LogP) is 2.72. The average Bonchev–Trinajstić information content (AvgIpc) is 2.64. The van der Waals surface area contributed by atoms with Crippen molar-refractivity contribution in [2.75, 3.05) is 63.9 Å². The molecule has 2 saturated heterocycles. The van der Waals surface area contributed by atoms with Gasteiger partial charge in [0.05, 0.1) is 0 Å². The average molecular weight is 347 g/mol. The van der Waals surface area contributed by atoms with Crippen LogP contribution in [0.25, 0.3) is 0 Å². The smallest absolute Gasteiger partial charge is 0.215 e. The Hall–Kier alpha value is -1.33. The zero-order valence-electron chi connectivity index (χ0n) is 16.0. The minimum atomic E-state index is 0.723. The van der Waals surface area contributed by atoms with Gasteiger partial charge in [-0.15, -0.1) is 0 Å². The zero-order valence-corrected chi connectivity index (χ0v) is 16.0. The van der Waals surface area contributed by atoms with Crippen LogP contribution in [0.2, 0.25) is 0 Å². The Morgan fingerprint density at radius 3 is 2.40 bits per heavy atom. The Labute approximate surface area is 153 Å². The van der Waals surface area contributed by atoms with Crippen molar-refractivity contribution < 1.29 is 4.74 Å². The number of ether oxygens (including phenoxy) is 1. The van der Waals surface area contributed by atoms with Crippen molar-refractivity contribution in [2.45, 2.75) is 33.1 Å². The maximum atomic E-state index is 5.94. The SMILES string of the molecule is CCCN1CCN(CCOc2cc(N3CCC(C)CC3)ccn2)CC1. The lowest BCUT2D eigenvalue weighted by Gasteiger charge is -2.34. The van der Waals surface area contributed by atoms with Crippen LogP contribution >= 0.6 is 0 Å². The maximum absolute atomic E-state index is 5.94. The molecule has 1 aromatic rings. The minimum absolute atomic E-state index is 0.723. The van der Waals surface area contributed by atoms with Crippen LogP contribution in [-0.4, -0.2) is 73.7 Å². The fraction of sp³-hybridized carbons (Fsp3) is 0.750. The largest absolute Gasteiger partial charge is 0.476 e. The van der Waals surface area contributed by atoms with E-state index in [1.807, 2.05) is 6.20 Å². The Balaban J connectivity index is 1.41. The maximum Gasteiger partial charge on any atom is 0.215 e. The predicted molar refractivity (Wildman–Crippen MR) is 104 cm³/mol. The van der Waals surface area contributed by atoms with E-state index in [0.29, 0.717) is 0 Å². The van der Waals surface area contributed by atoms with Crippen molar-refractivity contribution in [1.29, 1.82) is 0 Å². The van der Waals surface area contributed by atoms with E-state index in [0.717, 1.165) is 51.1 Å². The van der Waals surface area contributed by atoms with Crippen LogP contribution in [0.5, 0.6) is 5.88 Å². The van der Waals surface area contributed by atoms with Gasteiger partial charge < -0.3 is 14.5 Å². The van der Waals surface area contributed by atoms with Gasteiger partial charge in [-0.1, -0.05) is 13.8 Å². The molecule has 0 amide bonds. The third kappa shape index (κ3) is 5.58. The summed E-state index contributed by atoms with van der Waals surface area (Å²) in [5, 5.41) is 0. The van der Waals surface area contributed by atoms with Crippen LogP contribution in [0.3, 0.4) is 0 Å². The van der Waals surface area contributed by atoms with Gasteiger partial charge in [0.1, 0.15) is 6.61 Å². The highest BCUT2D eigenvalue weighted by Crippen LogP contribution is 2.24. The quantitative estimate of drug-likeness (QED) is 0.758. The first kappa shape index (κ1) is 18.5. The summed E-state index contributed by atoms with van der Waals surface area (Å²) in [7, 11) is 0. The van der Waals surface area contributed by atoms with Crippen LogP contribution in [0.4, 0.5) is 5.69 Å². The van der Waals surface area contributed by atoms with Crippen molar-refractivity contribution in [2.24, 2.45) is 5.92 Å². The molecule has 3 rings (SSSR count). The van der Waals surface area contributed by atoms with E-state index in [1.165, 1.54) is 44.6 Å². The molecule has 0 atom stereocenters. The highest BCUT2D eigenvalue weighted by atomic mass is 16.5. The topological polar surface area (TPSA) is 31.8 Å². The van der Waals surface area contributed by atoms with Gasteiger partial charge in [0.15, 0.2) is 0 Å². The molecule has 0 saturated carbocycles. The molecular formula is C20H34N4O. The van der Waals surface area contributed by atoms with Gasteiger partial charge in [-0.05, 0) is 37.8 Å². The molecule has 3 heterocycles. The number of pyridine rings is 1. The minimum Gasteiger partial charge on any atom is -0.476 e. The first-order valence-electron chi connectivity index (χ1n) is 10.0. The molecule has 140 valence electrons. The summed E-state index contributed by atoms with van der Waals surface area (Å²) in [5.74, 6) is 1.62. The van der Waals surface area contributed by atoms with E-state index < -0.39 is 0 Å². The van der Waals surface area contributed by atoms with Gasteiger partial charge in [0.2, 0.25) is 5.88 Å². The van der Waals surface area contributed by atoms with Gasteiger partial charge >= 0.3 is 0 Å². The van der Waals surface area contributed by atoms with E-state index in [1.54, 1.807) is 0 Å². The first-order chi connectivity index (χ1) is 12.2. The molecule has 2 fully saturated rings. The number of piperazine rings is 1. The van der Waals surface area contributed by atoms with Crippen LogP contribution in [-0.2, 0) is 0 Å². The van der Waals surface area contributed by atoms with Crippen molar-refractivity contribution in [1.82, 2.24) is 14.8 Å². The zero-order chi connectivity index (χ0) is 17.5.